The minimum atomic E-state index is -4.77. The van der Waals surface area contributed by atoms with Crippen LogP contribution in [0.2, 0.25) is 10.0 Å². The maximum atomic E-state index is 13.5. The number of benzene rings is 2. The molecule has 0 bridgehead atoms. The van der Waals surface area contributed by atoms with Crippen molar-refractivity contribution in [1.82, 2.24) is 10.2 Å². The topological polar surface area (TPSA) is 86.8 Å². The van der Waals surface area contributed by atoms with E-state index in [4.69, 9.17) is 23.2 Å². The van der Waals surface area contributed by atoms with E-state index in [2.05, 4.69) is 5.32 Å². The Bertz CT molecular complexity index is 1240. The Hall–Kier alpha value is -2.50. The molecule has 2 atom stereocenters. The minimum absolute atomic E-state index is 0.109. The van der Waals surface area contributed by atoms with Gasteiger partial charge in [0, 0.05) is 17.6 Å². The Balaban J connectivity index is 2.50. The van der Waals surface area contributed by atoms with Crippen LogP contribution in [0.5, 0.6) is 0 Å². The van der Waals surface area contributed by atoms with E-state index in [1.165, 1.54) is 6.92 Å². The highest BCUT2D eigenvalue weighted by atomic mass is 35.5. The van der Waals surface area contributed by atoms with E-state index >= 15 is 0 Å². The highest BCUT2D eigenvalue weighted by molar-refractivity contribution is 7.92. The molecule has 0 aliphatic rings. The van der Waals surface area contributed by atoms with E-state index in [1.807, 2.05) is 6.92 Å². The standard InChI is InChI=1S/C24H28Cl2F3N3O4S/c1-5-15(2)30-23(34)16(3)31(13-17-7-6-8-19(25)11-17)22(33)14-32(37(4,35)36)21-12-18(24(27,28)29)9-10-20(21)26/h6-12,15-16H,5,13-14H2,1-4H3,(H,30,34). The summed E-state index contributed by atoms with van der Waals surface area (Å²) in [5.41, 5.74) is -1.08. The summed E-state index contributed by atoms with van der Waals surface area (Å²) in [6.07, 6.45) is -3.39. The van der Waals surface area contributed by atoms with Gasteiger partial charge in [-0.2, -0.15) is 13.2 Å². The summed E-state index contributed by atoms with van der Waals surface area (Å²) in [6, 6.07) is 7.48. The van der Waals surface area contributed by atoms with Gasteiger partial charge in [-0.25, -0.2) is 8.42 Å². The molecule has 37 heavy (non-hydrogen) atoms. The first-order valence-electron chi connectivity index (χ1n) is 11.2. The van der Waals surface area contributed by atoms with Crippen molar-refractivity contribution in [2.75, 3.05) is 17.1 Å². The third-order valence-corrected chi connectivity index (χ3v) is 7.31. The number of alkyl halides is 3. The maximum absolute atomic E-state index is 13.5. The molecule has 0 fully saturated rings. The molecular formula is C24H28Cl2F3N3O4S. The van der Waals surface area contributed by atoms with Crippen molar-refractivity contribution >= 4 is 50.7 Å². The molecule has 204 valence electrons. The number of nitrogens with one attached hydrogen (secondary N) is 1. The number of amides is 2. The van der Waals surface area contributed by atoms with Crippen LogP contribution in [0.15, 0.2) is 42.5 Å². The van der Waals surface area contributed by atoms with Crippen LogP contribution in [-0.2, 0) is 32.3 Å². The van der Waals surface area contributed by atoms with Gasteiger partial charge < -0.3 is 10.2 Å². The lowest BCUT2D eigenvalue weighted by molar-refractivity contribution is -0.139. The van der Waals surface area contributed by atoms with Crippen LogP contribution in [0.1, 0.15) is 38.3 Å². The first-order valence-corrected chi connectivity index (χ1v) is 13.8. The zero-order chi connectivity index (χ0) is 28.1. The molecule has 0 aliphatic carbocycles. The molecule has 0 aliphatic heterocycles. The molecule has 0 radical (unpaired) electrons. The van der Waals surface area contributed by atoms with Crippen LogP contribution >= 0.6 is 23.2 Å². The van der Waals surface area contributed by atoms with Gasteiger partial charge in [0.05, 0.1) is 22.5 Å². The molecule has 7 nitrogen and oxygen atoms in total. The molecule has 13 heteroatoms. The van der Waals surface area contributed by atoms with Gasteiger partial charge in [0.1, 0.15) is 12.6 Å². The summed E-state index contributed by atoms with van der Waals surface area (Å²) in [5.74, 6) is -1.31. The number of carbonyl (C=O) groups excluding carboxylic acids is 2. The smallest absolute Gasteiger partial charge is 0.352 e. The number of sulfonamides is 1. The molecule has 0 saturated carbocycles. The van der Waals surface area contributed by atoms with Crippen LogP contribution < -0.4 is 9.62 Å². The Morgan fingerprint density at radius 2 is 1.73 bits per heavy atom. The highest BCUT2D eigenvalue weighted by Gasteiger charge is 2.34. The predicted octanol–water partition coefficient (Wildman–Crippen LogP) is 5.11. The van der Waals surface area contributed by atoms with Crippen molar-refractivity contribution in [2.24, 2.45) is 0 Å². The van der Waals surface area contributed by atoms with Crippen molar-refractivity contribution in [2.45, 2.75) is 52.0 Å². The summed E-state index contributed by atoms with van der Waals surface area (Å²) < 4.78 is 65.7. The fourth-order valence-electron chi connectivity index (χ4n) is 3.36. The third-order valence-electron chi connectivity index (χ3n) is 5.63. The molecular weight excluding hydrogens is 554 g/mol. The van der Waals surface area contributed by atoms with Crippen molar-refractivity contribution in [1.29, 1.82) is 0 Å². The second-order valence-corrected chi connectivity index (χ2v) is 11.3. The fraction of sp³-hybridized carbons (Fsp3) is 0.417. The molecule has 1 N–H and O–H groups in total. The van der Waals surface area contributed by atoms with Gasteiger partial charge in [0.25, 0.3) is 0 Å². The Labute approximate surface area is 224 Å². The van der Waals surface area contributed by atoms with E-state index in [1.54, 1.807) is 31.2 Å². The van der Waals surface area contributed by atoms with E-state index in [-0.39, 0.29) is 17.6 Å². The number of hydrogen-bond donors (Lipinski definition) is 1. The van der Waals surface area contributed by atoms with Gasteiger partial charge in [-0.3, -0.25) is 13.9 Å². The average Bonchev–Trinajstić information content (AvgIpc) is 2.79. The second-order valence-electron chi connectivity index (χ2n) is 8.58. The zero-order valence-corrected chi connectivity index (χ0v) is 23.0. The van der Waals surface area contributed by atoms with Gasteiger partial charge >= 0.3 is 6.18 Å². The lowest BCUT2D eigenvalue weighted by atomic mass is 10.1. The van der Waals surface area contributed by atoms with Gasteiger partial charge in [0.2, 0.25) is 21.8 Å². The summed E-state index contributed by atoms with van der Waals surface area (Å²) in [6.45, 7) is 4.13. The first kappa shape index (κ1) is 30.7. The van der Waals surface area contributed by atoms with Crippen molar-refractivity contribution in [3.63, 3.8) is 0 Å². The van der Waals surface area contributed by atoms with Gasteiger partial charge in [-0.1, -0.05) is 42.3 Å². The van der Waals surface area contributed by atoms with E-state index < -0.39 is 51.9 Å². The monoisotopic (exact) mass is 581 g/mol. The van der Waals surface area contributed by atoms with Crippen molar-refractivity contribution in [3.05, 3.63) is 63.6 Å². The summed E-state index contributed by atoms with van der Waals surface area (Å²) in [5, 5.41) is 2.86. The number of carbonyl (C=O) groups is 2. The van der Waals surface area contributed by atoms with Crippen molar-refractivity contribution in [3.8, 4) is 0 Å². The molecule has 2 unspecified atom stereocenters. The van der Waals surface area contributed by atoms with Crippen LogP contribution in [-0.4, -0.2) is 50.0 Å². The minimum Gasteiger partial charge on any atom is -0.352 e. The largest absolute Gasteiger partial charge is 0.416 e. The predicted molar refractivity (Wildman–Crippen MR) is 138 cm³/mol. The van der Waals surface area contributed by atoms with E-state index in [0.717, 1.165) is 17.2 Å². The Morgan fingerprint density at radius 1 is 1.08 bits per heavy atom. The molecule has 0 aromatic heterocycles. The second kappa shape index (κ2) is 12.4. The average molecular weight is 582 g/mol. The van der Waals surface area contributed by atoms with E-state index in [9.17, 15) is 31.2 Å². The molecule has 2 aromatic carbocycles. The molecule has 2 aromatic rings. The summed E-state index contributed by atoms with van der Waals surface area (Å²) in [7, 11) is -4.27. The zero-order valence-electron chi connectivity index (χ0n) is 20.6. The Kier molecular flexibility index (Phi) is 10.3. The number of anilines is 1. The first-order chi connectivity index (χ1) is 17.0. The van der Waals surface area contributed by atoms with Gasteiger partial charge in [-0.15, -0.1) is 0 Å². The van der Waals surface area contributed by atoms with Crippen LogP contribution in [0, 0.1) is 0 Å². The van der Waals surface area contributed by atoms with Crippen molar-refractivity contribution < 1.29 is 31.2 Å². The molecule has 2 amide bonds. The molecule has 2 rings (SSSR count). The lowest BCUT2D eigenvalue weighted by Gasteiger charge is -2.32. The number of hydrogen-bond acceptors (Lipinski definition) is 4. The number of rotatable bonds is 10. The van der Waals surface area contributed by atoms with E-state index in [0.29, 0.717) is 33.4 Å². The highest BCUT2D eigenvalue weighted by Crippen LogP contribution is 2.36. The summed E-state index contributed by atoms with van der Waals surface area (Å²) >= 11 is 12.1. The van der Waals surface area contributed by atoms with Crippen LogP contribution in [0.3, 0.4) is 0 Å². The maximum Gasteiger partial charge on any atom is 0.416 e. The Morgan fingerprint density at radius 3 is 2.27 bits per heavy atom. The normalized spacial score (nSPS) is 13.5. The van der Waals surface area contributed by atoms with Crippen LogP contribution in [0.4, 0.5) is 18.9 Å². The molecule has 0 heterocycles. The quantitative estimate of drug-likeness (QED) is 0.422. The lowest BCUT2D eigenvalue weighted by Crippen LogP contribution is -2.52. The van der Waals surface area contributed by atoms with Gasteiger partial charge in [0.15, 0.2) is 0 Å². The third kappa shape index (κ3) is 8.51. The fourth-order valence-corrected chi connectivity index (χ4v) is 4.69. The molecule has 0 saturated heterocycles. The van der Waals surface area contributed by atoms with Crippen LogP contribution in [0.25, 0.3) is 0 Å². The number of nitrogens with zero attached hydrogens (tertiary/aromatic N) is 2. The summed E-state index contributed by atoms with van der Waals surface area (Å²) in [4.78, 5) is 27.5. The number of halogens is 5. The SMILES string of the molecule is CCC(C)NC(=O)C(C)N(Cc1cccc(Cl)c1)C(=O)CN(c1cc(C(F)(F)F)ccc1Cl)S(C)(=O)=O. The molecule has 0 spiro atoms. The van der Waals surface area contributed by atoms with Gasteiger partial charge in [-0.05, 0) is 56.2 Å².